The molecule has 100 valence electrons. The number of ether oxygens (including phenoxy) is 1. The Balaban J connectivity index is 2.32. The maximum Gasteiger partial charge on any atom is 0.138 e. The van der Waals surface area contributed by atoms with Gasteiger partial charge in [0.2, 0.25) is 0 Å². The zero-order valence-electron chi connectivity index (χ0n) is 11.6. The quantitative estimate of drug-likeness (QED) is 0.913. The third kappa shape index (κ3) is 2.76. The third-order valence-corrected chi connectivity index (χ3v) is 3.02. The minimum Gasteiger partial charge on any atom is -0.496 e. The van der Waals surface area contributed by atoms with Gasteiger partial charge in [-0.15, -0.1) is 0 Å². The molecule has 0 saturated heterocycles. The zero-order chi connectivity index (χ0) is 13.8. The molecular formula is C14H18N4O. The molecule has 2 rings (SSSR count). The van der Waals surface area contributed by atoms with E-state index in [1.165, 1.54) is 0 Å². The SMILES string of the molecule is CNc1cc(N(C)c2ccc(OC)c(C)c2)ncn1. The Morgan fingerprint density at radius 3 is 2.63 bits per heavy atom. The molecule has 1 N–H and O–H groups in total. The van der Waals surface area contributed by atoms with E-state index in [1.807, 2.05) is 44.1 Å². The molecule has 0 atom stereocenters. The molecule has 0 saturated carbocycles. The average molecular weight is 258 g/mol. The van der Waals surface area contributed by atoms with Crippen molar-refractivity contribution in [3.05, 3.63) is 36.2 Å². The number of anilines is 3. The predicted octanol–water partition coefficient (Wildman–Crippen LogP) is 2.60. The van der Waals surface area contributed by atoms with Gasteiger partial charge in [0, 0.05) is 25.8 Å². The minimum atomic E-state index is 0.794. The van der Waals surface area contributed by atoms with E-state index >= 15 is 0 Å². The summed E-state index contributed by atoms with van der Waals surface area (Å²) in [6, 6.07) is 7.94. The van der Waals surface area contributed by atoms with Crippen molar-refractivity contribution in [1.82, 2.24) is 9.97 Å². The van der Waals surface area contributed by atoms with Gasteiger partial charge in [0.15, 0.2) is 0 Å². The minimum absolute atomic E-state index is 0.794. The smallest absolute Gasteiger partial charge is 0.138 e. The summed E-state index contributed by atoms with van der Waals surface area (Å²) in [6.07, 6.45) is 1.55. The fraction of sp³-hybridized carbons (Fsp3) is 0.286. The Morgan fingerprint density at radius 2 is 2.00 bits per heavy atom. The van der Waals surface area contributed by atoms with Crippen LogP contribution in [0.5, 0.6) is 5.75 Å². The molecule has 1 heterocycles. The van der Waals surface area contributed by atoms with Crippen molar-refractivity contribution >= 4 is 17.3 Å². The second-order valence-electron chi connectivity index (χ2n) is 4.22. The number of hydrogen-bond acceptors (Lipinski definition) is 5. The Bertz CT molecular complexity index is 571. The van der Waals surface area contributed by atoms with Crippen molar-refractivity contribution in [2.24, 2.45) is 0 Å². The number of methoxy groups -OCH3 is 1. The lowest BCUT2D eigenvalue weighted by Gasteiger charge is -2.19. The van der Waals surface area contributed by atoms with Gasteiger partial charge in [-0.25, -0.2) is 9.97 Å². The van der Waals surface area contributed by atoms with Crippen molar-refractivity contribution in [3.63, 3.8) is 0 Å². The molecule has 5 nitrogen and oxygen atoms in total. The van der Waals surface area contributed by atoms with Gasteiger partial charge in [-0.3, -0.25) is 0 Å². The topological polar surface area (TPSA) is 50.3 Å². The van der Waals surface area contributed by atoms with Crippen LogP contribution in [-0.2, 0) is 0 Å². The number of aryl methyl sites for hydroxylation is 1. The van der Waals surface area contributed by atoms with E-state index in [1.54, 1.807) is 13.4 Å². The molecule has 0 fully saturated rings. The van der Waals surface area contributed by atoms with Gasteiger partial charge in [-0.2, -0.15) is 0 Å². The first-order chi connectivity index (χ1) is 9.15. The van der Waals surface area contributed by atoms with Crippen molar-refractivity contribution in [3.8, 4) is 5.75 Å². The van der Waals surface area contributed by atoms with Crippen LogP contribution >= 0.6 is 0 Å². The molecule has 0 radical (unpaired) electrons. The standard InChI is InChI=1S/C14H18N4O/c1-10-7-11(5-6-12(10)19-4)18(3)14-8-13(15-2)16-9-17-14/h5-9H,1-4H3,(H,15,16,17). The second kappa shape index (κ2) is 5.56. The Labute approximate surface area is 113 Å². The highest BCUT2D eigenvalue weighted by Crippen LogP contribution is 2.27. The molecule has 0 unspecified atom stereocenters. The van der Waals surface area contributed by atoms with E-state index in [0.29, 0.717) is 0 Å². The summed E-state index contributed by atoms with van der Waals surface area (Å²) in [6.45, 7) is 2.02. The van der Waals surface area contributed by atoms with E-state index in [9.17, 15) is 0 Å². The molecule has 19 heavy (non-hydrogen) atoms. The number of nitrogens with zero attached hydrogens (tertiary/aromatic N) is 3. The fourth-order valence-electron chi connectivity index (χ4n) is 1.87. The highest BCUT2D eigenvalue weighted by atomic mass is 16.5. The van der Waals surface area contributed by atoms with Crippen molar-refractivity contribution < 1.29 is 4.74 Å². The van der Waals surface area contributed by atoms with Gasteiger partial charge in [0.05, 0.1) is 7.11 Å². The van der Waals surface area contributed by atoms with Crippen LogP contribution in [0.4, 0.5) is 17.3 Å². The molecular weight excluding hydrogens is 240 g/mol. The van der Waals surface area contributed by atoms with Crippen LogP contribution in [-0.4, -0.2) is 31.2 Å². The molecule has 0 amide bonds. The average Bonchev–Trinajstić information content (AvgIpc) is 2.46. The molecule has 0 aliphatic carbocycles. The largest absolute Gasteiger partial charge is 0.496 e. The molecule has 1 aromatic carbocycles. The highest BCUT2D eigenvalue weighted by Gasteiger charge is 2.08. The van der Waals surface area contributed by atoms with E-state index < -0.39 is 0 Å². The summed E-state index contributed by atoms with van der Waals surface area (Å²) in [4.78, 5) is 10.4. The second-order valence-corrected chi connectivity index (χ2v) is 4.22. The summed E-state index contributed by atoms with van der Waals surface area (Å²) in [5, 5.41) is 3.01. The fourth-order valence-corrected chi connectivity index (χ4v) is 1.87. The van der Waals surface area contributed by atoms with Crippen molar-refractivity contribution in [2.45, 2.75) is 6.92 Å². The van der Waals surface area contributed by atoms with Gasteiger partial charge >= 0.3 is 0 Å². The van der Waals surface area contributed by atoms with Crippen LogP contribution in [0, 0.1) is 6.92 Å². The van der Waals surface area contributed by atoms with Gasteiger partial charge in [0.1, 0.15) is 23.7 Å². The van der Waals surface area contributed by atoms with Crippen LogP contribution in [0.25, 0.3) is 0 Å². The predicted molar refractivity (Wildman–Crippen MR) is 77.4 cm³/mol. The van der Waals surface area contributed by atoms with Crippen LogP contribution in [0.1, 0.15) is 5.56 Å². The summed E-state index contributed by atoms with van der Waals surface area (Å²) >= 11 is 0. The summed E-state index contributed by atoms with van der Waals surface area (Å²) in [5.74, 6) is 2.52. The third-order valence-electron chi connectivity index (χ3n) is 3.02. The molecule has 0 bridgehead atoms. The first-order valence-corrected chi connectivity index (χ1v) is 6.04. The summed E-state index contributed by atoms with van der Waals surface area (Å²) in [5.41, 5.74) is 2.15. The molecule has 0 spiro atoms. The number of aromatic nitrogens is 2. The molecule has 0 aliphatic heterocycles. The van der Waals surface area contributed by atoms with E-state index in [4.69, 9.17) is 4.74 Å². The normalized spacial score (nSPS) is 10.1. The van der Waals surface area contributed by atoms with Gasteiger partial charge in [-0.1, -0.05) is 0 Å². The highest BCUT2D eigenvalue weighted by molar-refractivity contribution is 5.63. The first kappa shape index (κ1) is 13.1. The van der Waals surface area contributed by atoms with E-state index in [0.717, 1.165) is 28.6 Å². The van der Waals surface area contributed by atoms with Crippen LogP contribution in [0.3, 0.4) is 0 Å². The Morgan fingerprint density at radius 1 is 1.21 bits per heavy atom. The number of benzene rings is 1. The number of hydrogen-bond donors (Lipinski definition) is 1. The summed E-state index contributed by atoms with van der Waals surface area (Å²) in [7, 11) is 5.49. The molecule has 0 aliphatic rings. The zero-order valence-corrected chi connectivity index (χ0v) is 11.6. The van der Waals surface area contributed by atoms with Crippen LogP contribution < -0.4 is 15.0 Å². The lowest BCUT2D eigenvalue weighted by molar-refractivity contribution is 0.412. The lowest BCUT2D eigenvalue weighted by Crippen LogP contribution is -2.12. The first-order valence-electron chi connectivity index (χ1n) is 6.04. The van der Waals surface area contributed by atoms with Crippen LogP contribution in [0.15, 0.2) is 30.6 Å². The monoisotopic (exact) mass is 258 g/mol. The lowest BCUT2D eigenvalue weighted by atomic mass is 10.2. The van der Waals surface area contributed by atoms with E-state index in [2.05, 4.69) is 21.4 Å². The van der Waals surface area contributed by atoms with Crippen molar-refractivity contribution in [2.75, 3.05) is 31.4 Å². The summed E-state index contributed by atoms with van der Waals surface area (Å²) < 4.78 is 5.27. The maximum atomic E-state index is 5.27. The van der Waals surface area contributed by atoms with E-state index in [-0.39, 0.29) is 0 Å². The Kier molecular flexibility index (Phi) is 3.85. The molecule has 2 aromatic rings. The Hall–Kier alpha value is -2.30. The van der Waals surface area contributed by atoms with Gasteiger partial charge < -0.3 is 15.0 Å². The van der Waals surface area contributed by atoms with Crippen molar-refractivity contribution in [1.29, 1.82) is 0 Å². The van der Waals surface area contributed by atoms with Crippen LogP contribution in [0.2, 0.25) is 0 Å². The van der Waals surface area contributed by atoms with Gasteiger partial charge in [-0.05, 0) is 30.7 Å². The number of rotatable bonds is 4. The number of nitrogens with one attached hydrogen (secondary N) is 1. The maximum absolute atomic E-state index is 5.27. The molecule has 1 aromatic heterocycles. The molecule has 5 heteroatoms. The van der Waals surface area contributed by atoms with Gasteiger partial charge in [0.25, 0.3) is 0 Å².